The average Bonchev–Trinajstić information content (AvgIpc) is 2.69. The van der Waals surface area contributed by atoms with Crippen molar-refractivity contribution in [1.29, 1.82) is 0 Å². The molecule has 58 valence electrons. The highest BCUT2D eigenvalue weighted by molar-refractivity contribution is 5.17. The SMILES string of the molecule is N[C@H]1C[C@@H]1Cc1ccccc1. The topological polar surface area (TPSA) is 26.0 Å². The van der Waals surface area contributed by atoms with Crippen molar-refractivity contribution >= 4 is 0 Å². The van der Waals surface area contributed by atoms with Crippen molar-refractivity contribution in [1.82, 2.24) is 0 Å². The summed E-state index contributed by atoms with van der Waals surface area (Å²) in [5.41, 5.74) is 7.14. The summed E-state index contributed by atoms with van der Waals surface area (Å²) in [6.45, 7) is 0. The molecule has 1 nitrogen and oxygen atoms in total. The highest BCUT2D eigenvalue weighted by Gasteiger charge is 2.32. The molecule has 0 unspecified atom stereocenters. The fraction of sp³-hybridized carbons (Fsp3) is 0.400. The van der Waals surface area contributed by atoms with Gasteiger partial charge in [-0.05, 0) is 24.3 Å². The van der Waals surface area contributed by atoms with Crippen molar-refractivity contribution in [2.45, 2.75) is 18.9 Å². The third-order valence-electron chi connectivity index (χ3n) is 2.32. The van der Waals surface area contributed by atoms with E-state index in [4.69, 9.17) is 5.73 Å². The van der Waals surface area contributed by atoms with Gasteiger partial charge in [-0.3, -0.25) is 0 Å². The van der Waals surface area contributed by atoms with Crippen molar-refractivity contribution in [3.05, 3.63) is 35.9 Å². The largest absolute Gasteiger partial charge is 0.327 e. The molecule has 1 aromatic carbocycles. The average molecular weight is 147 g/mol. The smallest absolute Gasteiger partial charge is 0.00742 e. The van der Waals surface area contributed by atoms with Gasteiger partial charge in [-0.2, -0.15) is 0 Å². The molecule has 0 heterocycles. The minimum Gasteiger partial charge on any atom is -0.327 e. The van der Waals surface area contributed by atoms with Gasteiger partial charge in [0, 0.05) is 6.04 Å². The van der Waals surface area contributed by atoms with Crippen LogP contribution < -0.4 is 5.73 Å². The molecule has 1 saturated carbocycles. The maximum Gasteiger partial charge on any atom is 0.00742 e. The van der Waals surface area contributed by atoms with Crippen LogP contribution in [-0.2, 0) is 6.42 Å². The lowest BCUT2D eigenvalue weighted by molar-refractivity contribution is 0.786. The van der Waals surface area contributed by atoms with Crippen LogP contribution in [0.5, 0.6) is 0 Å². The molecule has 0 amide bonds. The van der Waals surface area contributed by atoms with Crippen LogP contribution in [0.3, 0.4) is 0 Å². The summed E-state index contributed by atoms with van der Waals surface area (Å²) in [4.78, 5) is 0. The van der Waals surface area contributed by atoms with Crippen molar-refractivity contribution in [3.63, 3.8) is 0 Å². The number of hydrogen-bond acceptors (Lipinski definition) is 1. The Labute approximate surface area is 67.2 Å². The summed E-state index contributed by atoms with van der Waals surface area (Å²) in [7, 11) is 0. The van der Waals surface area contributed by atoms with Gasteiger partial charge < -0.3 is 5.73 Å². The molecule has 1 heteroatoms. The van der Waals surface area contributed by atoms with E-state index in [9.17, 15) is 0 Å². The normalized spacial score (nSPS) is 28.5. The fourth-order valence-corrected chi connectivity index (χ4v) is 1.42. The lowest BCUT2D eigenvalue weighted by Crippen LogP contribution is -2.03. The predicted octanol–water partition coefficient (Wildman–Crippen LogP) is 1.58. The third kappa shape index (κ3) is 1.60. The summed E-state index contributed by atoms with van der Waals surface area (Å²) in [5, 5.41) is 0. The van der Waals surface area contributed by atoms with Gasteiger partial charge in [0.2, 0.25) is 0 Å². The van der Waals surface area contributed by atoms with Gasteiger partial charge in [-0.25, -0.2) is 0 Å². The Hall–Kier alpha value is -0.820. The van der Waals surface area contributed by atoms with Gasteiger partial charge in [-0.15, -0.1) is 0 Å². The van der Waals surface area contributed by atoms with Crippen LogP contribution in [0.4, 0.5) is 0 Å². The Balaban J connectivity index is 1.97. The monoisotopic (exact) mass is 147 g/mol. The first-order valence-electron chi connectivity index (χ1n) is 4.16. The van der Waals surface area contributed by atoms with Gasteiger partial charge in [0.1, 0.15) is 0 Å². The van der Waals surface area contributed by atoms with Crippen LogP contribution in [0, 0.1) is 5.92 Å². The molecule has 2 rings (SSSR count). The quantitative estimate of drug-likeness (QED) is 0.675. The first-order valence-corrected chi connectivity index (χ1v) is 4.16. The summed E-state index contributed by atoms with van der Waals surface area (Å²) in [6.07, 6.45) is 2.39. The Morgan fingerprint density at radius 3 is 2.45 bits per heavy atom. The summed E-state index contributed by atoms with van der Waals surface area (Å²) < 4.78 is 0. The van der Waals surface area contributed by atoms with E-state index < -0.39 is 0 Å². The molecular formula is C10H13N. The summed E-state index contributed by atoms with van der Waals surface area (Å²) >= 11 is 0. The van der Waals surface area contributed by atoms with E-state index >= 15 is 0 Å². The number of rotatable bonds is 2. The first kappa shape index (κ1) is 6.86. The third-order valence-corrected chi connectivity index (χ3v) is 2.32. The van der Waals surface area contributed by atoms with Crippen LogP contribution in [0.1, 0.15) is 12.0 Å². The van der Waals surface area contributed by atoms with E-state index in [0.717, 1.165) is 5.92 Å². The zero-order valence-electron chi connectivity index (χ0n) is 6.53. The molecule has 11 heavy (non-hydrogen) atoms. The summed E-state index contributed by atoms with van der Waals surface area (Å²) in [6, 6.07) is 11.1. The molecule has 0 radical (unpaired) electrons. The minimum atomic E-state index is 0.482. The van der Waals surface area contributed by atoms with Crippen LogP contribution in [0.2, 0.25) is 0 Å². The highest BCUT2D eigenvalue weighted by Crippen LogP contribution is 2.31. The van der Waals surface area contributed by atoms with E-state index in [1.165, 1.54) is 18.4 Å². The zero-order valence-corrected chi connectivity index (χ0v) is 6.53. The molecule has 1 fully saturated rings. The molecule has 2 N–H and O–H groups in total. The van der Waals surface area contributed by atoms with Crippen LogP contribution in [-0.4, -0.2) is 6.04 Å². The fourth-order valence-electron chi connectivity index (χ4n) is 1.42. The molecule has 1 aliphatic rings. The van der Waals surface area contributed by atoms with Gasteiger partial charge in [0.25, 0.3) is 0 Å². The molecule has 1 aliphatic carbocycles. The van der Waals surface area contributed by atoms with Gasteiger partial charge in [0.05, 0.1) is 0 Å². The van der Waals surface area contributed by atoms with Crippen LogP contribution in [0.15, 0.2) is 30.3 Å². The van der Waals surface area contributed by atoms with Crippen molar-refractivity contribution in [2.75, 3.05) is 0 Å². The van der Waals surface area contributed by atoms with Crippen LogP contribution >= 0.6 is 0 Å². The molecular weight excluding hydrogens is 134 g/mol. The molecule has 1 aromatic rings. The Bertz CT molecular complexity index is 230. The molecule has 0 aromatic heterocycles. The minimum absolute atomic E-state index is 0.482. The zero-order chi connectivity index (χ0) is 7.68. The highest BCUT2D eigenvalue weighted by atomic mass is 14.7. The van der Waals surface area contributed by atoms with E-state index in [0.29, 0.717) is 6.04 Å². The Morgan fingerprint density at radius 1 is 1.27 bits per heavy atom. The van der Waals surface area contributed by atoms with Gasteiger partial charge >= 0.3 is 0 Å². The first-order chi connectivity index (χ1) is 5.36. The van der Waals surface area contributed by atoms with Gasteiger partial charge in [0.15, 0.2) is 0 Å². The van der Waals surface area contributed by atoms with Crippen LogP contribution in [0.25, 0.3) is 0 Å². The Kier molecular flexibility index (Phi) is 1.66. The second-order valence-electron chi connectivity index (χ2n) is 3.35. The maximum absolute atomic E-state index is 5.71. The van der Waals surface area contributed by atoms with E-state index in [1.807, 2.05) is 0 Å². The molecule has 0 aliphatic heterocycles. The Morgan fingerprint density at radius 2 is 1.91 bits per heavy atom. The van der Waals surface area contributed by atoms with Crippen molar-refractivity contribution in [2.24, 2.45) is 11.7 Å². The number of benzene rings is 1. The van der Waals surface area contributed by atoms with E-state index in [-0.39, 0.29) is 0 Å². The van der Waals surface area contributed by atoms with Crippen molar-refractivity contribution < 1.29 is 0 Å². The molecule has 2 atom stereocenters. The predicted molar refractivity (Wildman–Crippen MR) is 46.2 cm³/mol. The van der Waals surface area contributed by atoms with Crippen molar-refractivity contribution in [3.8, 4) is 0 Å². The molecule has 0 bridgehead atoms. The van der Waals surface area contributed by atoms with E-state index in [2.05, 4.69) is 30.3 Å². The standard InChI is InChI=1S/C10H13N/c11-10-7-9(10)6-8-4-2-1-3-5-8/h1-5,9-10H,6-7,11H2/t9-,10-/m0/s1. The number of hydrogen-bond donors (Lipinski definition) is 1. The lowest BCUT2D eigenvalue weighted by Gasteiger charge is -1.96. The molecule has 0 saturated heterocycles. The second-order valence-corrected chi connectivity index (χ2v) is 3.35. The van der Waals surface area contributed by atoms with Gasteiger partial charge in [-0.1, -0.05) is 30.3 Å². The number of nitrogens with two attached hydrogens (primary N) is 1. The summed E-state index contributed by atoms with van der Waals surface area (Å²) in [5.74, 6) is 0.761. The maximum atomic E-state index is 5.71. The molecule has 0 spiro atoms. The van der Waals surface area contributed by atoms with E-state index in [1.54, 1.807) is 0 Å². The second kappa shape index (κ2) is 2.67. The lowest BCUT2D eigenvalue weighted by atomic mass is 10.1.